The van der Waals surface area contributed by atoms with Gasteiger partial charge in [0.05, 0.1) is 10.2 Å². The fourth-order valence-corrected chi connectivity index (χ4v) is 2.79. The average Bonchev–Trinajstić information content (AvgIpc) is 2.78. The summed E-state index contributed by atoms with van der Waals surface area (Å²) < 4.78 is 0. The van der Waals surface area contributed by atoms with Crippen molar-refractivity contribution in [2.24, 2.45) is 5.92 Å². The van der Waals surface area contributed by atoms with Gasteiger partial charge in [-0.15, -0.1) is 31.7 Å². The molecule has 0 amide bonds. The Bertz CT molecular complexity index is 547. The normalized spacial score (nSPS) is 15.0. The maximum absolute atomic E-state index is 9.66. The second-order valence-electron chi connectivity index (χ2n) is 6.02. The van der Waals surface area contributed by atoms with Gasteiger partial charge in [0.15, 0.2) is 0 Å². The Hall–Kier alpha value is -0.119. The molecule has 1 aromatic carbocycles. The van der Waals surface area contributed by atoms with Gasteiger partial charge in [-0.3, -0.25) is 6.08 Å². The molecule has 3 radical (unpaired) electrons. The zero-order chi connectivity index (χ0) is 18.5. The zero-order valence-corrected chi connectivity index (χ0v) is 20.7. The number of benzene rings is 1. The molecule has 0 spiro atoms. The monoisotopic (exact) mass is 432 g/mol. The molecule has 0 aromatic heterocycles. The van der Waals surface area contributed by atoms with E-state index in [1.807, 2.05) is 20.8 Å². The number of phenols is 1. The van der Waals surface area contributed by atoms with Crippen LogP contribution in [0.25, 0.3) is 0 Å². The molecular weight excluding hydrogens is 403 g/mol. The van der Waals surface area contributed by atoms with E-state index >= 15 is 0 Å². The van der Waals surface area contributed by atoms with Crippen molar-refractivity contribution >= 4 is 45.1 Å². The molecule has 1 atom stereocenters. The van der Waals surface area contributed by atoms with E-state index in [9.17, 15) is 5.11 Å². The van der Waals surface area contributed by atoms with Crippen LogP contribution >= 0.6 is 24.8 Å². The van der Waals surface area contributed by atoms with Crippen LogP contribution in [0, 0.1) is 39.7 Å². The molecule has 1 aliphatic carbocycles. The van der Waals surface area contributed by atoms with Crippen LogP contribution in [0.5, 0.6) is 5.75 Å². The van der Waals surface area contributed by atoms with Gasteiger partial charge in [0.25, 0.3) is 0 Å². The van der Waals surface area contributed by atoms with Crippen molar-refractivity contribution in [3.05, 3.63) is 45.0 Å². The number of allylic oxidation sites excluding steroid dienone is 4. The molecule has 0 heterocycles. The molecule has 0 saturated heterocycles. The van der Waals surface area contributed by atoms with Gasteiger partial charge in [-0.1, -0.05) is 31.9 Å². The topological polar surface area (TPSA) is 20.2 Å². The molecule has 1 unspecified atom stereocenters. The molecule has 5 heteroatoms. The van der Waals surface area contributed by atoms with Gasteiger partial charge in [0, 0.05) is 0 Å². The van der Waals surface area contributed by atoms with Crippen LogP contribution in [0.2, 0.25) is 0 Å². The van der Waals surface area contributed by atoms with Crippen molar-refractivity contribution in [2.45, 2.75) is 55.4 Å². The van der Waals surface area contributed by atoms with E-state index in [-0.39, 0.29) is 24.8 Å². The molecule has 0 fully saturated rings. The van der Waals surface area contributed by atoms with Crippen molar-refractivity contribution in [1.82, 2.24) is 0 Å². The van der Waals surface area contributed by atoms with E-state index in [0.29, 0.717) is 11.7 Å². The molecule has 1 aromatic rings. The molecule has 25 heavy (non-hydrogen) atoms. The van der Waals surface area contributed by atoms with E-state index in [0.717, 1.165) is 21.9 Å². The van der Waals surface area contributed by atoms with E-state index < -0.39 is 0 Å². The molecule has 1 nitrogen and oxygen atoms in total. The summed E-state index contributed by atoms with van der Waals surface area (Å²) in [5.41, 5.74) is 8.51. The van der Waals surface area contributed by atoms with Crippen LogP contribution in [0.1, 0.15) is 49.9 Å². The summed E-state index contributed by atoms with van der Waals surface area (Å²) in [6.07, 6.45) is 3.36. The van der Waals surface area contributed by atoms with Gasteiger partial charge >= 0.3 is 24.8 Å². The molecule has 1 N–H and O–H groups in total. The summed E-state index contributed by atoms with van der Waals surface area (Å²) in [4.78, 5) is 3.25. The molecular formula is C20H30Cl2OSiTi. The molecule has 1 aliphatic rings. The molecule has 2 rings (SSSR count). The first-order valence-electron chi connectivity index (χ1n) is 7.73. The van der Waals surface area contributed by atoms with Crippen LogP contribution in [-0.2, 0) is 20.0 Å². The minimum atomic E-state index is 0. The van der Waals surface area contributed by atoms with Gasteiger partial charge in [0.1, 0.15) is 5.75 Å². The summed E-state index contributed by atoms with van der Waals surface area (Å²) in [5.74, 6) is 0.966. The first-order valence-corrected chi connectivity index (χ1v) is 9.34. The van der Waals surface area contributed by atoms with Crippen LogP contribution in [0.15, 0.2) is 16.7 Å². The van der Waals surface area contributed by atoms with Gasteiger partial charge in [-0.2, -0.15) is 11.1 Å². The number of halogens is 2. The number of rotatable bonds is 0. The number of phenolic OH excluding ortho intramolecular Hbond substituents is 1. The first-order chi connectivity index (χ1) is 10.6. The number of hydrogen-bond acceptors (Lipinski definition) is 1. The van der Waals surface area contributed by atoms with Crippen LogP contribution in [0.4, 0.5) is 0 Å². The Morgan fingerprint density at radius 3 is 1.60 bits per heavy atom. The van der Waals surface area contributed by atoms with E-state index in [1.54, 1.807) is 20.0 Å². The van der Waals surface area contributed by atoms with Crippen LogP contribution < -0.4 is 5.19 Å². The van der Waals surface area contributed by atoms with Crippen LogP contribution in [-0.4, -0.2) is 20.2 Å². The Kier molecular flexibility index (Phi) is 15.5. The van der Waals surface area contributed by atoms with E-state index in [2.05, 4.69) is 55.8 Å². The molecule has 0 aliphatic heterocycles. The third-order valence-electron chi connectivity index (χ3n) is 4.82. The van der Waals surface area contributed by atoms with Crippen LogP contribution in [0.3, 0.4) is 0 Å². The summed E-state index contributed by atoms with van der Waals surface area (Å²) in [5, 5.41) is 10.7. The fourth-order valence-electron chi connectivity index (χ4n) is 2.49. The second-order valence-corrected chi connectivity index (χ2v) is 6.52. The van der Waals surface area contributed by atoms with Crippen molar-refractivity contribution in [2.75, 3.05) is 0 Å². The van der Waals surface area contributed by atoms with Crippen molar-refractivity contribution in [1.29, 1.82) is 0 Å². The Morgan fingerprint density at radius 2 is 1.32 bits per heavy atom. The Morgan fingerprint density at radius 1 is 0.880 bits per heavy atom. The molecule has 0 bridgehead atoms. The zero-order valence-electron chi connectivity index (χ0n) is 16.5. The summed E-state index contributed by atoms with van der Waals surface area (Å²) in [6.45, 7) is 16.6. The van der Waals surface area contributed by atoms with Gasteiger partial charge < -0.3 is 5.11 Å². The summed E-state index contributed by atoms with van der Waals surface area (Å²) in [7, 11) is 3.51. The third kappa shape index (κ3) is 7.19. The molecule has 138 valence electrons. The predicted octanol–water partition coefficient (Wildman–Crippen LogP) is 4.95. The fraction of sp³-hybridized carbons (Fsp3) is 0.450. The first kappa shape index (κ1) is 29.6. The molecule has 0 saturated carbocycles. The number of aromatic hydroxyl groups is 1. The predicted molar refractivity (Wildman–Crippen MR) is 114 cm³/mol. The quantitative estimate of drug-likeness (QED) is 0.454. The Labute approximate surface area is 181 Å². The Balaban J connectivity index is -0.000000336. The standard InChI is InChI=1S/C10H13OSi.C9H13.CH2.2ClH.Ti/c1-5-6(2)9(11)8(4)10(12)7(5)3;1-6-5-7(2)9(4)8(6)3;;;;/h11H,1-4H3;6H,1-4H3;1H2;2*1H;/q;-1;;;;+1. The van der Waals surface area contributed by atoms with Crippen molar-refractivity contribution in [3.8, 4) is 5.75 Å². The SMILES string of the molecule is CC1=[C-]C(C)C(C)=C1C.Cc1c(C)c(O)c(C)c([Si])c1C.Cl.Cl.[CH2]=[Ti+]. The van der Waals surface area contributed by atoms with E-state index in [1.165, 1.54) is 22.3 Å². The van der Waals surface area contributed by atoms with Gasteiger partial charge in [-0.05, 0) is 49.9 Å². The summed E-state index contributed by atoms with van der Waals surface area (Å²) in [6, 6.07) is 0. The van der Waals surface area contributed by atoms with Gasteiger partial charge in [0.2, 0.25) is 0 Å². The van der Waals surface area contributed by atoms with E-state index in [4.69, 9.17) is 0 Å². The third-order valence-corrected chi connectivity index (χ3v) is 5.57. The number of hydrogen-bond donors (Lipinski definition) is 1. The second kappa shape index (κ2) is 13.1. The summed E-state index contributed by atoms with van der Waals surface area (Å²) >= 11 is 1.75. The minimum absolute atomic E-state index is 0. The maximum atomic E-state index is 9.66. The van der Waals surface area contributed by atoms with Gasteiger partial charge in [-0.25, -0.2) is 5.57 Å². The average molecular weight is 433 g/mol. The van der Waals surface area contributed by atoms with Crippen molar-refractivity contribution in [3.63, 3.8) is 0 Å². The van der Waals surface area contributed by atoms with Crippen molar-refractivity contribution < 1.29 is 25.1 Å².